The molecule has 0 aliphatic rings. The molecule has 1 N–H and O–H groups in total. The summed E-state index contributed by atoms with van der Waals surface area (Å²) in [6.07, 6.45) is 0. The molecule has 2 aromatic carbocycles. The molecule has 0 spiro atoms. The van der Waals surface area contributed by atoms with Crippen molar-refractivity contribution in [2.24, 2.45) is 0 Å². The Morgan fingerprint density at radius 1 is 1.09 bits per heavy atom. The van der Waals surface area contributed by atoms with E-state index in [1.807, 2.05) is 30.3 Å². The average Bonchev–Trinajstić information content (AvgIpc) is 2.55. The van der Waals surface area contributed by atoms with Crippen LogP contribution in [0.25, 0.3) is 0 Å². The number of halogens is 3. The first-order valence-corrected chi connectivity index (χ1v) is 7.08. The molecule has 1 amide bonds. The minimum absolute atomic E-state index is 0.381. The quantitative estimate of drug-likeness (QED) is 0.854. The molecule has 0 aliphatic carbocycles. The standard InChI is InChI=1S/C17H17F3N2O/c1-11(22(2)10-12-6-4-3-5-7-12)17(23)21-14-9-8-13(18)15(19)16(14)20/h3-9,11H,10H2,1-2H3,(H,21,23)/t11-/m0/s1. The summed E-state index contributed by atoms with van der Waals surface area (Å²) >= 11 is 0. The number of anilines is 1. The number of likely N-dealkylation sites (N-methyl/N-ethyl adjacent to an activating group) is 1. The molecule has 0 saturated carbocycles. The maximum absolute atomic E-state index is 13.6. The predicted octanol–water partition coefficient (Wildman–Crippen LogP) is 3.56. The number of nitrogens with one attached hydrogen (secondary N) is 1. The lowest BCUT2D eigenvalue weighted by molar-refractivity contribution is -0.120. The Morgan fingerprint density at radius 2 is 1.74 bits per heavy atom. The fourth-order valence-corrected chi connectivity index (χ4v) is 2.07. The molecule has 0 aliphatic heterocycles. The van der Waals surface area contributed by atoms with E-state index in [0.717, 1.165) is 17.7 Å². The maximum atomic E-state index is 13.6. The van der Waals surface area contributed by atoms with Gasteiger partial charge in [-0.2, -0.15) is 0 Å². The Bertz CT molecular complexity index is 692. The molecule has 23 heavy (non-hydrogen) atoms. The topological polar surface area (TPSA) is 32.3 Å². The molecule has 122 valence electrons. The van der Waals surface area contributed by atoms with Crippen molar-refractivity contribution in [3.05, 3.63) is 65.5 Å². The number of hydrogen-bond donors (Lipinski definition) is 1. The van der Waals surface area contributed by atoms with Crippen LogP contribution >= 0.6 is 0 Å². The zero-order chi connectivity index (χ0) is 17.0. The zero-order valence-corrected chi connectivity index (χ0v) is 12.8. The second kappa shape index (κ2) is 7.28. The number of benzene rings is 2. The number of amides is 1. The van der Waals surface area contributed by atoms with Gasteiger partial charge in [-0.25, -0.2) is 13.2 Å². The van der Waals surface area contributed by atoms with E-state index in [2.05, 4.69) is 5.32 Å². The molecule has 2 rings (SSSR count). The van der Waals surface area contributed by atoms with Crippen LogP contribution in [0.15, 0.2) is 42.5 Å². The van der Waals surface area contributed by atoms with Crippen LogP contribution in [0.1, 0.15) is 12.5 Å². The van der Waals surface area contributed by atoms with Gasteiger partial charge in [-0.05, 0) is 31.7 Å². The molecule has 0 aromatic heterocycles. The van der Waals surface area contributed by atoms with E-state index in [1.165, 1.54) is 0 Å². The lowest BCUT2D eigenvalue weighted by Gasteiger charge is -2.24. The normalized spacial score (nSPS) is 12.3. The molecule has 3 nitrogen and oxygen atoms in total. The Labute approximate surface area is 132 Å². The van der Waals surface area contributed by atoms with Crippen molar-refractivity contribution in [3.8, 4) is 0 Å². The molecular formula is C17H17F3N2O. The average molecular weight is 322 g/mol. The van der Waals surface area contributed by atoms with Crippen molar-refractivity contribution in [2.45, 2.75) is 19.5 Å². The molecule has 1 atom stereocenters. The van der Waals surface area contributed by atoms with E-state index >= 15 is 0 Å². The van der Waals surface area contributed by atoms with Gasteiger partial charge in [0.1, 0.15) is 0 Å². The first-order valence-electron chi connectivity index (χ1n) is 7.08. The monoisotopic (exact) mass is 322 g/mol. The van der Waals surface area contributed by atoms with E-state index in [9.17, 15) is 18.0 Å². The van der Waals surface area contributed by atoms with Gasteiger partial charge in [0.15, 0.2) is 17.5 Å². The number of rotatable bonds is 5. The molecule has 2 aromatic rings. The number of carbonyl (C=O) groups excluding carboxylic acids is 1. The Hall–Kier alpha value is -2.34. The summed E-state index contributed by atoms with van der Waals surface area (Å²) in [5, 5.41) is 2.28. The van der Waals surface area contributed by atoms with Crippen LogP contribution in [-0.2, 0) is 11.3 Å². The summed E-state index contributed by atoms with van der Waals surface area (Å²) in [5.41, 5.74) is 0.641. The fraction of sp³-hybridized carbons (Fsp3) is 0.235. The molecule has 0 saturated heterocycles. The lowest BCUT2D eigenvalue weighted by atomic mass is 10.2. The number of nitrogens with zero attached hydrogens (tertiary/aromatic N) is 1. The van der Waals surface area contributed by atoms with Crippen molar-refractivity contribution >= 4 is 11.6 Å². The van der Waals surface area contributed by atoms with Crippen LogP contribution in [-0.4, -0.2) is 23.9 Å². The van der Waals surface area contributed by atoms with E-state index in [1.54, 1.807) is 18.9 Å². The molecule has 6 heteroatoms. The van der Waals surface area contributed by atoms with Gasteiger partial charge in [-0.3, -0.25) is 9.69 Å². The van der Waals surface area contributed by atoms with Gasteiger partial charge in [0.05, 0.1) is 11.7 Å². The fourth-order valence-electron chi connectivity index (χ4n) is 2.07. The third-order valence-corrected chi connectivity index (χ3v) is 3.61. The third-order valence-electron chi connectivity index (χ3n) is 3.61. The van der Waals surface area contributed by atoms with E-state index in [4.69, 9.17) is 0 Å². The van der Waals surface area contributed by atoms with Gasteiger partial charge >= 0.3 is 0 Å². The van der Waals surface area contributed by atoms with Crippen molar-refractivity contribution in [3.63, 3.8) is 0 Å². The molecule has 0 bridgehead atoms. The third kappa shape index (κ3) is 4.10. The first-order chi connectivity index (χ1) is 10.9. The lowest BCUT2D eigenvalue weighted by Crippen LogP contribution is -2.39. The van der Waals surface area contributed by atoms with E-state index in [0.29, 0.717) is 6.54 Å². The van der Waals surface area contributed by atoms with E-state index < -0.39 is 29.4 Å². The molecule has 0 radical (unpaired) electrons. The smallest absolute Gasteiger partial charge is 0.241 e. The summed E-state index contributed by atoms with van der Waals surface area (Å²) in [6.45, 7) is 2.17. The Kier molecular flexibility index (Phi) is 5.39. The largest absolute Gasteiger partial charge is 0.322 e. The van der Waals surface area contributed by atoms with E-state index in [-0.39, 0.29) is 5.69 Å². The van der Waals surface area contributed by atoms with Crippen LogP contribution < -0.4 is 5.32 Å². The second-order valence-electron chi connectivity index (χ2n) is 5.29. The van der Waals surface area contributed by atoms with Crippen molar-refractivity contribution in [1.29, 1.82) is 0 Å². The highest BCUT2D eigenvalue weighted by Gasteiger charge is 2.21. The molecule has 0 heterocycles. The van der Waals surface area contributed by atoms with Gasteiger partial charge in [-0.15, -0.1) is 0 Å². The molecule has 0 fully saturated rings. The number of hydrogen-bond acceptors (Lipinski definition) is 2. The first kappa shape index (κ1) is 17.0. The van der Waals surface area contributed by atoms with Crippen LogP contribution in [0, 0.1) is 17.5 Å². The highest BCUT2D eigenvalue weighted by molar-refractivity contribution is 5.94. The predicted molar refractivity (Wildman–Crippen MR) is 82.3 cm³/mol. The van der Waals surface area contributed by atoms with Crippen LogP contribution in [0.3, 0.4) is 0 Å². The Balaban J connectivity index is 2.04. The maximum Gasteiger partial charge on any atom is 0.241 e. The molecular weight excluding hydrogens is 305 g/mol. The highest BCUT2D eigenvalue weighted by atomic mass is 19.2. The molecule has 0 unspecified atom stereocenters. The second-order valence-corrected chi connectivity index (χ2v) is 5.29. The SMILES string of the molecule is C[C@@H](C(=O)Nc1ccc(F)c(F)c1F)N(C)Cc1ccccc1. The summed E-state index contributed by atoms with van der Waals surface area (Å²) in [4.78, 5) is 13.9. The van der Waals surface area contributed by atoms with Gasteiger partial charge in [-0.1, -0.05) is 30.3 Å². The van der Waals surface area contributed by atoms with Crippen LogP contribution in [0.4, 0.5) is 18.9 Å². The van der Waals surface area contributed by atoms with Gasteiger partial charge in [0, 0.05) is 6.54 Å². The zero-order valence-electron chi connectivity index (χ0n) is 12.8. The van der Waals surface area contributed by atoms with Gasteiger partial charge in [0.2, 0.25) is 5.91 Å². The summed E-state index contributed by atoms with van der Waals surface area (Å²) in [6, 6.07) is 10.7. The van der Waals surface area contributed by atoms with Crippen LogP contribution in [0.2, 0.25) is 0 Å². The minimum atomic E-state index is -1.60. The summed E-state index contributed by atoms with van der Waals surface area (Å²) in [5.74, 6) is -4.81. The van der Waals surface area contributed by atoms with Crippen molar-refractivity contribution in [1.82, 2.24) is 4.90 Å². The Morgan fingerprint density at radius 3 is 2.39 bits per heavy atom. The minimum Gasteiger partial charge on any atom is -0.322 e. The van der Waals surface area contributed by atoms with Gasteiger partial charge < -0.3 is 5.32 Å². The van der Waals surface area contributed by atoms with Crippen molar-refractivity contribution < 1.29 is 18.0 Å². The van der Waals surface area contributed by atoms with Crippen molar-refractivity contribution in [2.75, 3.05) is 12.4 Å². The summed E-state index contributed by atoms with van der Waals surface area (Å²) < 4.78 is 39.7. The summed E-state index contributed by atoms with van der Waals surface area (Å²) in [7, 11) is 1.75. The number of carbonyl (C=O) groups is 1. The van der Waals surface area contributed by atoms with Gasteiger partial charge in [0.25, 0.3) is 0 Å². The highest BCUT2D eigenvalue weighted by Crippen LogP contribution is 2.20. The van der Waals surface area contributed by atoms with Crippen LogP contribution in [0.5, 0.6) is 0 Å².